The molecule has 1 amide bonds. The summed E-state index contributed by atoms with van der Waals surface area (Å²) in [7, 11) is 0. The maximum absolute atomic E-state index is 13.0. The van der Waals surface area contributed by atoms with Crippen molar-refractivity contribution >= 4 is 34.3 Å². The number of carbonyl (C=O) groups is 1. The highest BCUT2D eigenvalue weighted by Crippen LogP contribution is 2.37. The maximum atomic E-state index is 13.0. The minimum Gasteiger partial charge on any atom is -0.324 e. The van der Waals surface area contributed by atoms with Crippen LogP contribution in [0.15, 0.2) is 23.2 Å². The molecule has 1 heterocycles. The van der Waals surface area contributed by atoms with E-state index in [2.05, 4.69) is 10.3 Å². The van der Waals surface area contributed by atoms with Crippen molar-refractivity contribution < 1.29 is 18.0 Å². The van der Waals surface area contributed by atoms with E-state index in [4.69, 9.17) is 0 Å². The van der Waals surface area contributed by atoms with Crippen LogP contribution in [0.4, 0.5) is 18.9 Å². The van der Waals surface area contributed by atoms with Crippen LogP contribution in [0.2, 0.25) is 0 Å². The summed E-state index contributed by atoms with van der Waals surface area (Å²) >= 11 is 1.42. The Bertz CT molecular complexity index is 861. The molecule has 0 aliphatic heterocycles. The summed E-state index contributed by atoms with van der Waals surface area (Å²) in [6.45, 7) is 3.77. The second-order valence-electron chi connectivity index (χ2n) is 7.32. The summed E-state index contributed by atoms with van der Waals surface area (Å²) in [6.07, 6.45) is 1.83. The standard InChI is InChI=1S/C21H25F3N2OS/c1-3-28-20-19(26-18(27)11-8-14-6-4-5-7-14)13(2)16-10-9-15(21(22,23)24)12-17(16)25-20/h9-10,12,14H,3-8,11H2,1-2H3,(H,26,27). The Kier molecular flexibility index (Phi) is 6.53. The van der Waals surface area contributed by atoms with Gasteiger partial charge in [-0.05, 0) is 42.7 Å². The van der Waals surface area contributed by atoms with E-state index in [1.165, 1.54) is 43.5 Å². The second kappa shape index (κ2) is 8.72. The summed E-state index contributed by atoms with van der Waals surface area (Å²) in [4.78, 5) is 16.9. The monoisotopic (exact) mass is 410 g/mol. The van der Waals surface area contributed by atoms with Gasteiger partial charge in [-0.3, -0.25) is 4.79 Å². The average molecular weight is 411 g/mol. The molecule has 1 N–H and O–H groups in total. The van der Waals surface area contributed by atoms with Crippen molar-refractivity contribution in [3.8, 4) is 0 Å². The normalized spacial score (nSPS) is 15.3. The first-order valence-electron chi connectivity index (χ1n) is 9.73. The lowest BCUT2D eigenvalue weighted by atomic mass is 10.0. The first-order valence-corrected chi connectivity index (χ1v) is 10.7. The average Bonchev–Trinajstić information content (AvgIpc) is 3.16. The first kappa shape index (κ1) is 21.0. The molecule has 7 heteroatoms. The molecule has 0 unspecified atom stereocenters. The van der Waals surface area contributed by atoms with Crippen LogP contribution in [0.3, 0.4) is 0 Å². The van der Waals surface area contributed by atoms with Gasteiger partial charge in [0.05, 0.1) is 16.8 Å². The third-order valence-corrected chi connectivity index (χ3v) is 6.20. The number of aryl methyl sites for hydroxylation is 1. The SMILES string of the molecule is CCSc1nc2cc(C(F)(F)F)ccc2c(C)c1NC(=O)CCC1CCCC1. The molecule has 0 bridgehead atoms. The Balaban J connectivity index is 1.88. The lowest BCUT2D eigenvalue weighted by Crippen LogP contribution is -2.15. The van der Waals surface area contributed by atoms with E-state index in [1.807, 2.05) is 13.8 Å². The number of benzene rings is 1. The summed E-state index contributed by atoms with van der Waals surface area (Å²) in [5, 5.41) is 4.18. The molecule has 0 saturated heterocycles. The van der Waals surface area contributed by atoms with E-state index in [0.29, 0.717) is 39.7 Å². The van der Waals surface area contributed by atoms with E-state index < -0.39 is 11.7 Å². The number of carbonyl (C=O) groups excluding carboxylic acids is 1. The van der Waals surface area contributed by atoms with Crippen LogP contribution in [0.5, 0.6) is 0 Å². The zero-order valence-corrected chi connectivity index (χ0v) is 17.0. The van der Waals surface area contributed by atoms with Gasteiger partial charge >= 0.3 is 6.18 Å². The molecule has 28 heavy (non-hydrogen) atoms. The predicted molar refractivity (Wildman–Crippen MR) is 108 cm³/mol. The highest BCUT2D eigenvalue weighted by molar-refractivity contribution is 7.99. The molecule has 3 rings (SSSR count). The van der Waals surface area contributed by atoms with Crippen LogP contribution in [-0.2, 0) is 11.0 Å². The molecule has 1 aromatic carbocycles. The molecule has 2 aromatic rings. The van der Waals surface area contributed by atoms with E-state index >= 15 is 0 Å². The van der Waals surface area contributed by atoms with Crippen LogP contribution < -0.4 is 5.32 Å². The summed E-state index contributed by atoms with van der Waals surface area (Å²) < 4.78 is 39.1. The molecule has 1 aliphatic rings. The fourth-order valence-electron chi connectivity index (χ4n) is 3.80. The summed E-state index contributed by atoms with van der Waals surface area (Å²) in [5.74, 6) is 1.29. The van der Waals surface area contributed by atoms with Gasteiger partial charge in [0, 0.05) is 11.8 Å². The number of pyridine rings is 1. The zero-order chi connectivity index (χ0) is 20.3. The number of rotatable bonds is 6. The fourth-order valence-corrected chi connectivity index (χ4v) is 4.59. The minimum absolute atomic E-state index is 0.0546. The largest absolute Gasteiger partial charge is 0.416 e. The zero-order valence-electron chi connectivity index (χ0n) is 16.2. The molecular formula is C21H25F3N2OS. The van der Waals surface area contributed by atoms with Crippen molar-refractivity contribution in [2.24, 2.45) is 5.92 Å². The van der Waals surface area contributed by atoms with Crippen molar-refractivity contribution in [3.63, 3.8) is 0 Å². The number of aromatic nitrogens is 1. The highest BCUT2D eigenvalue weighted by atomic mass is 32.2. The fraction of sp³-hybridized carbons (Fsp3) is 0.524. The number of halogens is 3. The number of thioether (sulfide) groups is 1. The van der Waals surface area contributed by atoms with Gasteiger partial charge < -0.3 is 5.32 Å². The van der Waals surface area contributed by atoms with Gasteiger partial charge in [0.15, 0.2) is 0 Å². The lowest BCUT2D eigenvalue weighted by Gasteiger charge is -2.17. The quantitative estimate of drug-likeness (QED) is 0.547. The van der Waals surface area contributed by atoms with Crippen molar-refractivity contribution in [2.45, 2.75) is 63.6 Å². The van der Waals surface area contributed by atoms with E-state index in [0.717, 1.165) is 24.1 Å². The van der Waals surface area contributed by atoms with Gasteiger partial charge in [-0.25, -0.2) is 4.98 Å². The smallest absolute Gasteiger partial charge is 0.324 e. The summed E-state index contributed by atoms with van der Waals surface area (Å²) in [6, 6.07) is 3.58. The Labute approximate surface area is 167 Å². The van der Waals surface area contributed by atoms with E-state index in [9.17, 15) is 18.0 Å². The van der Waals surface area contributed by atoms with Crippen LogP contribution >= 0.6 is 11.8 Å². The summed E-state index contributed by atoms with van der Waals surface area (Å²) in [5.41, 5.74) is 0.958. The van der Waals surface area contributed by atoms with Gasteiger partial charge in [-0.1, -0.05) is 38.7 Å². The topological polar surface area (TPSA) is 42.0 Å². The first-order chi connectivity index (χ1) is 13.3. The Hall–Kier alpha value is -1.76. The Morgan fingerprint density at radius 3 is 2.64 bits per heavy atom. The Morgan fingerprint density at radius 2 is 2.00 bits per heavy atom. The number of amides is 1. The molecule has 1 aromatic heterocycles. The highest BCUT2D eigenvalue weighted by Gasteiger charge is 2.31. The van der Waals surface area contributed by atoms with Gasteiger partial charge in [0.2, 0.25) is 5.91 Å². The molecule has 0 spiro atoms. The molecular weight excluding hydrogens is 385 g/mol. The molecule has 1 aliphatic carbocycles. The van der Waals surface area contributed by atoms with Gasteiger partial charge in [0.1, 0.15) is 5.03 Å². The number of hydrogen-bond acceptors (Lipinski definition) is 3. The predicted octanol–water partition coefficient (Wildman–Crippen LogP) is 6.58. The number of hydrogen-bond donors (Lipinski definition) is 1. The third-order valence-electron chi connectivity index (χ3n) is 5.34. The van der Waals surface area contributed by atoms with E-state index in [1.54, 1.807) is 0 Å². The molecule has 0 atom stereocenters. The van der Waals surface area contributed by atoms with Crippen LogP contribution in [0.25, 0.3) is 10.9 Å². The molecule has 3 nitrogen and oxygen atoms in total. The molecule has 152 valence electrons. The van der Waals surface area contributed by atoms with Gasteiger partial charge in [-0.15, -0.1) is 11.8 Å². The third kappa shape index (κ3) is 4.80. The minimum atomic E-state index is -4.41. The molecule has 1 fully saturated rings. The number of nitrogens with zero attached hydrogens (tertiary/aromatic N) is 1. The lowest BCUT2D eigenvalue weighted by molar-refractivity contribution is -0.137. The van der Waals surface area contributed by atoms with Crippen LogP contribution in [0, 0.1) is 12.8 Å². The van der Waals surface area contributed by atoms with Crippen molar-refractivity contribution in [1.82, 2.24) is 4.98 Å². The number of nitrogens with one attached hydrogen (secondary N) is 1. The van der Waals surface area contributed by atoms with Crippen molar-refractivity contribution in [1.29, 1.82) is 0 Å². The van der Waals surface area contributed by atoms with Crippen molar-refractivity contribution in [2.75, 3.05) is 11.1 Å². The van der Waals surface area contributed by atoms with Crippen LogP contribution in [0.1, 0.15) is 56.6 Å². The maximum Gasteiger partial charge on any atom is 0.416 e. The molecule has 1 saturated carbocycles. The van der Waals surface area contributed by atoms with E-state index in [-0.39, 0.29) is 5.91 Å². The van der Waals surface area contributed by atoms with Crippen molar-refractivity contribution in [3.05, 3.63) is 29.3 Å². The number of anilines is 1. The number of alkyl halides is 3. The molecule has 0 radical (unpaired) electrons. The van der Waals surface area contributed by atoms with Crippen LogP contribution in [-0.4, -0.2) is 16.6 Å². The van der Waals surface area contributed by atoms with Gasteiger partial charge in [-0.2, -0.15) is 13.2 Å². The Morgan fingerprint density at radius 1 is 1.29 bits per heavy atom. The second-order valence-corrected chi connectivity index (χ2v) is 8.57. The van der Waals surface area contributed by atoms with Gasteiger partial charge in [0.25, 0.3) is 0 Å². The number of fused-ring (bicyclic) bond motifs is 1.